The number of aryl methyl sites for hydroxylation is 1. The number of hydrogen-bond donors (Lipinski definition) is 2. The smallest absolute Gasteiger partial charge is 0.0839 e. The maximum atomic E-state index is 5.46. The van der Waals surface area contributed by atoms with Gasteiger partial charge in [-0.25, -0.2) is 0 Å². The summed E-state index contributed by atoms with van der Waals surface area (Å²) in [5, 5.41) is 4.70. The number of rotatable bonds is 6. The first-order chi connectivity index (χ1) is 16.8. The van der Waals surface area contributed by atoms with E-state index < -0.39 is 0 Å². The highest BCUT2D eigenvalue weighted by Crippen LogP contribution is 2.34. The van der Waals surface area contributed by atoms with Gasteiger partial charge in [0.1, 0.15) is 0 Å². The Bertz CT molecular complexity index is 1330. The summed E-state index contributed by atoms with van der Waals surface area (Å²) in [5.41, 5.74) is 13.8. The van der Waals surface area contributed by atoms with Crippen LogP contribution in [0.15, 0.2) is 72.9 Å². The maximum Gasteiger partial charge on any atom is 0.0839 e. The van der Waals surface area contributed by atoms with E-state index in [1.807, 2.05) is 6.20 Å². The highest BCUT2D eigenvalue weighted by molar-refractivity contribution is 6.09. The van der Waals surface area contributed by atoms with Gasteiger partial charge in [0.25, 0.3) is 0 Å². The second kappa shape index (κ2) is 9.14. The number of nitrogens with zero attached hydrogens (tertiary/aromatic N) is 3. The summed E-state index contributed by atoms with van der Waals surface area (Å²) < 4.78 is 7.84. The van der Waals surface area contributed by atoms with Crippen molar-refractivity contribution in [1.82, 2.24) is 20.4 Å². The third-order valence-corrected chi connectivity index (χ3v) is 7.03. The topological polar surface area (TPSA) is 44.7 Å². The molecule has 3 aromatic carbocycles. The number of ether oxygens (including phenoxy) is 1. The molecule has 3 heterocycles. The summed E-state index contributed by atoms with van der Waals surface area (Å²) in [4.78, 5) is 2.48. The first-order valence-corrected chi connectivity index (χ1v) is 12.2. The van der Waals surface area contributed by atoms with Gasteiger partial charge in [0.15, 0.2) is 0 Å². The van der Waals surface area contributed by atoms with E-state index in [0.29, 0.717) is 0 Å². The number of para-hydroxylation sites is 1. The maximum absolute atomic E-state index is 5.46. The number of nitrogens with one attached hydrogen (secondary N) is 2. The predicted octanol–water partition coefficient (Wildman–Crippen LogP) is 4.52. The zero-order chi connectivity index (χ0) is 22.9. The number of morpholine rings is 1. The molecule has 0 spiro atoms. The van der Waals surface area contributed by atoms with Crippen LogP contribution >= 0.6 is 0 Å². The summed E-state index contributed by atoms with van der Waals surface area (Å²) in [7, 11) is 0. The van der Waals surface area contributed by atoms with Crippen molar-refractivity contribution in [2.75, 3.05) is 37.9 Å². The first-order valence-electron chi connectivity index (χ1n) is 12.2. The molecule has 174 valence electrons. The van der Waals surface area contributed by atoms with Crippen molar-refractivity contribution in [2.24, 2.45) is 0 Å². The average Bonchev–Trinajstić information content (AvgIpc) is 3.51. The van der Waals surface area contributed by atoms with E-state index in [1.54, 1.807) is 0 Å². The molecule has 2 aliphatic heterocycles. The third-order valence-electron chi connectivity index (χ3n) is 7.03. The predicted molar refractivity (Wildman–Crippen MR) is 139 cm³/mol. The fraction of sp³-hybridized carbons (Fsp3) is 0.286. The Morgan fingerprint density at radius 3 is 2.50 bits per heavy atom. The van der Waals surface area contributed by atoms with Gasteiger partial charge in [0, 0.05) is 59.7 Å². The average molecular weight is 454 g/mol. The molecule has 6 nitrogen and oxygen atoms in total. The van der Waals surface area contributed by atoms with Crippen LogP contribution in [0.25, 0.3) is 27.5 Å². The van der Waals surface area contributed by atoms with Crippen LogP contribution in [0.2, 0.25) is 0 Å². The molecule has 1 fully saturated rings. The van der Waals surface area contributed by atoms with Crippen molar-refractivity contribution in [3.63, 3.8) is 0 Å². The lowest BCUT2D eigenvalue weighted by Gasteiger charge is -2.26. The summed E-state index contributed by atoms with van der Waals surface area (Å²) in [5.74, 6) is 0. The molecule has 0 amide bonds. The van der Waals surface area contributed by atoms with Gasteiger partial charge in [0.2, 0.25) is 0 Å². The molecule has 4 aromatic rings. The quantitative estimate of drug-likeness (QED) is 0.450. The van der Waals surface area contributed by atoms with Crippen molar-refractivity contribution < 1.29 is 4.74 Å². The van der Waals surface area contributed by atoms with E-state index in [9.17, 15) is 0 Å². The largest absolute Gasteiger partial charge is 0.379 e. The second-order valence-electron chi connectivity index (χ2n) is 8.98. The Morgan fingerprint density at radius 2 is 1.68 bits per heavy atom. The normalized spacial score (nSPS) is 16.9. The van der Waals surface area contributed by atoms with Crippen molar-refractivity contribution in [3.05, 3.63) is 84.1 Å². The Balaban J connectivity index is 1.24. The molecule has 2 N–H and O–H groups in total. The summed E-state index contributed by atoms with van der Waals surface area (Å²) in [6.07, 6.45) is 3.10. The molecule has 6 rings (SSSR count). The van der Waals surface area contributed by atoms with Gasteiger partial charge in [-0.15, -0.1) is 5.53 Å². The van der Waals surface area contributed by atoms with Crippen LogP contribution in [0.1, 0.15) is 18.1 Å². The molecule has 0 radical (unpaired) electrons. The molecule has 0 unspecified atom stereocenters. The van der Waals surface area contributed by atoms with Gasteiger partial charge in [-0.2, -0.15) is 0 Å². The van der Waals surface area contributed by atoms with E-state index in [2.05, 4.69) is 99.1 Å². The number of fused-ring (bicyclic) bond motifs is 3. The van der Waals surface area contributed by atoms with Gasteiger partial charge in [-0.05, 0) is 43.2 Å². The second-order valence-corrected chi connectivity index (χ2v) is 8.98. The minimum absolute atomic E-state index is 0.855. The van der Waals surface area contributed by atoms with Crippen LogP contribution in [-0.2, 0) is 17.7 Å². The van der Waals surface area contributed by atoms with E-state index in [0.717, 1.165) is 57.2 Å². The molecule has 0 saturated carbocycles. The van der Waals surface area contributed by atoms with E-state index >= 15 is 0 Å². The fourth-order valence-electron chi connectivity index (χ4n) is 5.18. The van der Waals surface area contributed by atoms with Crippen LogP contribution in [0.3, 0.4) is 0 Å². The Labute approximate surface area is 200 Å². The Hall–Kier alpha value is -3.32. The first kappa shape index (κ1) is 21.2. The number of aromatic nitrogens is 1. The molecule has 0 aliphatic carbocycles. The number of benzene rings is 3. The highest BCUT2D eigenvalue weighted by atomic mass is 16.5. The lowest BCUT2D eigenvalue weighted by atomic mass is 10.1. The van der Waals surface area contributed by atoms with Crippen molar-refractivity contribution in [2.45, 2.75) is 19.9 Å². The fourth-order valence-corrected chi connectivity index (χ4v) is 5.18. The standard InChI is InChI=1S/C28H31N5O/c1-2-32-26-6-4-3-5-24(26)25-19-23(11-12-27(25)32)33-28(20-29-30-33)22-9-7-21(8-10-22)13-14-31-15-17-34-18-16-31/h3-12,19-20,29-30H,2,13-18H2,1H3. The molecule has 1 saturated heterocycles. The summed E-state index contributed by atoms with van der Waals surface area (Å²) in [6.45, 7) is 8.04. The highest BCUT2D eigenvalue weighted by Gasteiger charge is 2.20. The van der Waals surface area contributed by atoms with Crippen molar-refractivity contribution >= 4 is 33.2 Å². The molecular formula is C28H31N5O. The van der Waals surface area contributed by atoms with Gasteiger partial charge >= 0.3 is 0 Å². The van der Waals surface area contributed by atoms with Crippen LogP contribution in [0, 0.1) is 0 Å². The van der Waals surface area contributed by atoms with Gasteiger partial charge < -0.3 is 14.7 Å². The van der Waals surface area contributed by atoms with Gasteiger partial charge in [-0.3, -0.25) is 9.91 Å². The number of hydrogen-bond acceptors (Lipinski definition) is 5. The van der Waals surface area contributed by atoms with Gasteiger partial charge in [-0.1, -0.05) is 42.5 Å². The zero-order valence-corrected chi connectivity index (χ0v) is 19.6. The van der Waals surface area contributed by atoms with Crippen molar-refractivity contribution in [3.8, 4) is 0 Å². The van der Waals surface area contributed by atoms with Crippen molar-refractivity contribution in [1.29, 1.82) is 0 Å². The zero-order valence-electron chi connectivity index (χ0n) is 19.6. The molecule has 0 bridgehead atoms. The number of anilines is 1. The lowest BCUT2D eigenvalue weighted by Crippen LogP contribution is -2.37. The SMILES string of the molecule is CCn1c2ccccc2c2cc(N3NNC=C3c3ccc(CCN4CCOCC4)cc3)ccc21. The third kappa shape index (κ3) is 3.84. The molecule has 34 heavy (non-hydrogen) atoms. The molecule has 6 heteroatoms. The number of hydrazine groups is 2. The van der Waals surface area contributed by atoms with Crippen LogP contribution in [0.4, 0.5) is 5.69 Å². The molecule has 0 atom stereocenters. The minimum atomic E-state index is 0.855. The van der Waals surface area contributed by atoms with Gasteiger partial charge in [0.05, 0.1) is 24.6 Å². The molecular weight excluding hydrogens is 422 g/mol. The summed E-state index contributed by atoms with van der Waals surface area (Å²) >= 11 is 0. The Kier molecular flexibility index (Phi) is 5.71. The van der Waals surface area contributed by atoms with E-state index in [-0.39, 0.29) is 0 Å². The Morgan fingerprint density at radius 1 is 0.882 bits per heavy atom. The summed E-state index contributed by atoms with van der Waals surface area (Å²) in [6, 6.07) is 24.3. The monoisotopic (exact) mass is 453 g/mol. The lowest BCUT2D eigenvalue weighted by molar-refractivity contribution is 0.0384. The van der Waals surface area contributed by atoms with E-state index in [4.69, 9.17) is 4.74 Å². The van der Waals surface area contributed by atoms with Crippen LogP contribution in [0.5, 0.6) is 0 Å². The molecule has 2 aliphatic rings. The van der Waals surface area contributed by atoms with Crippen LogP contribution < -0.4 is 16.0 Å². The van der Waals surface area contributed by atoms with Crippen LogP contribution in [-0.4, -0.2) is 42.3 Å². The minimum Gasteiger partial charge on any atom is -0.379 e. The molecule has 1 aromatic heterocycles. The van der Waals surface area contributed by atoms with E-state index in [1.165, 1.54) is 32.9 Å².